The van der Waals surface area contributed by atoms with E-state index in [4.69, 9.17) is 0 Å². The zero-order valence-corrected chi connectivity index (χ0v) is 11.2. The van der Waals surface area contributed by atoms with Gasteiger partial charge in [-0.15, -0.1) is 0 Å². The zero-order chi connectivity index (χ0) is 11.8. The summed E-state index contributed by atoms with van der Waals surface area (Å²) in [6.07, 6.45) is 6.26. The van der Waals surface area contributed by atoms with E-state index in [0.717, 1.165) is 18.3 Å². The predicted molar refractivity (Wildman–Crippen MR) is 66.1 cm³/mol. The molecular formula is C15H26O. The van der Waals surface area contributed by atoms with E-state index in [1.165, 1.54) is 25.7 Å². The van der Waals surface area contributed by atoms with Gasteiger partial charge in [-0.3, -0.25) is 0 Å². The molecule has 0 aliphatic heterocycles. The fraction of sp³-hybridized carbons (Fsp3) is 1.00. The standard InChI is InChI=1S/C15H26O/c1-13(2)9-14(3)7-5-11-12(14)10(13)6-8-15(11,4)16/h10-12,16H,5-9H2,1-4H3. The highest BCUT2D eigenvalue weighted by Gasteiger charge is 2.64. The predicted octanol–water partition coefficient (Wildman–Crippen LogP) is 3.61. The monoisotopic (exact) mass is 222 g/mol. The van der Waals surface area contributed by atoms with E-state index in [1.807, 2.05) is 0 Å². The first-order valence-corrected chi connectivity index (χ1v) is 6.99. The minimum atomic E-state index is -0.376. The molecule has 1 nitrogen and oxygen atoms in total. The fourth-order valence-corrected chi connectivity index (χ4v) is 5.85. The zero-order valence-electron chi connectivity index (χ0n) is 11.2. The molecule has 0 saturated heterocycles. The van der Waals surface area contributed by atoms with Crippen LogP contribution < -0.4 is 0 Å². The Kier molecular flexibility index (Phi) is 1.98. The van der Waals surface area contributed by atoms with Crippen molar-refractivity contribution < 1.29 is 5.11 Å². The molecule has 3 fully saturated rings. The van der Waals surface area contributed by atoms with Crippen LogP contribution in [0.25, 0.3) is 0 Å². The van der Waals surface area contributed by atoms with Crippen LogP contribution in [0.15, 0.2) is 0 Å². The second-order valence-electron chi connectivity index (χ2n) is 7.99. The van der Waals surface area contributed by atoms with Gasteiger partial charge in [0.25, 0.3) is 0 Å². The van der Waals surface area contributed by atoms with Crippen LogP contribution in [0.3, 0.4) is 0 Å². The number of hydrogen-bond acceptors (Lipinski definition) is 1. The van der Waals surface area contributed by atoms with Crippen molar-refractivity contribution in [2.75, 3.05) is 0 Å². The molecule has 3 saturated carbocycles. The van der Waals surface area contributed by atoms with Crippen LogP contribution in [-0.2, 0) is 0 Å². The van der Waals surface area contributed by atoms with Gasteiger partial charge in [0, 0.05) is 0 Å². The SMILES string of the molecule is CC1(C)CC2(C)CCC3C2C1CCC3(C)O. The third-order valence-electron chi connectivity index (χ3n) is 6.32. The maximum Gasteiger partial charge on any atom is 0.0650 e. The van der Waals surface area contributed by atoms with Crippen molar-refractivity contribution in [2.45, 2.75) is 65.4 Å². The van der Waals surface area contributed by atoms with Crippen molar-refractivity contribution in [1.29, 1.82) is 0 Å². The Morgan fingerprint density at radius 3 is 2.25 bits per heavy atom. The summed E-state index contributed by atoms with van der Waals surface area (Å²) in [6.45, 7) is 9.49. The Balaban J connectivity index is 2.02. The summed E-state index contributed by atoms with van der Waals surface area (Å²) in [4.78, 5) is 0. The van der Waals surface area contributed by atoms with Crippen molar-refractivity contribution in [1.82, 2.24) is 0 Å². The molecule has 3 aliphatic rings. The van der Waals surface area contributed by atoms with Crippen molar-refractivity contribution >= 4 is 0 Å². The van der Waals surface area contributed by atoms with Gasteiger partial charge in [0.15, 0.2) is 0 Å². The molecule has 0 amide bonds. The average Bonchev–Trinajstić information content (AvgIpc) is 2.51. The smallest absolute Gasteiger partial charge is 0.0650 e. The molecule has 3 rings (SSSR count). The number of rotatable bonds is 0. The van der Waals surface area contributed by atoms with Gasteiger partial charge >= 0.3 is 0 Å². The quantitative estimate of drug-likeness (QED) is 0.664. The Labute approximate surface area is 99.6 Å². The summed E-state index contributed by atoms with van der Waals surface area (Å²) in [7, 11) is 0. The summed E-state index contributed by atoms with van der Waals surface area (Å²) in [5.41, 5.74) is 0.664. The largest absolute Gasteiger partial charge is 0.390 e. The highest BCUT2D eigenvalue weighted by molar-refractivity contribution is 5.13. The number of hydrogen-bond donors (Lipinski definition) is 1. The third-order valence-corrected chi connectivity index (χ3v) is 6.32. The van der Waals surface area contributed by atoms with E-state index in [0.29, 0.717) is 16.7 Å². The molecule has 92 valence electrons. The lowest BCUT2D eigenvalue weighted by Gasteiger charge is -2.46. The van der Waals surface area contributed by atoms with Crippen LogP contribution in [0.1, 0.15) is 59.8 Å². The van der Waals surface area contributed by atoms with E-state index in [9.17, 15) is 5.11 Å². The van der Waals surface area contributed by atoms with Crippen molar-refractivity contribution in [3.8, 4) is 0 Å². The fourth-order valence-electron chi connectivity index (χ4n) is 5.85. The summed E-state index contributed by atoms with van der Waals surface area (Å²) in [5, 5.41) is 10.6. The summed E-state index contributed by atoms with van der Waals surface area (Å²) in [6, 6.07) is 0. The van der Waals surface area contributed by atoms with Gasteiger partial charge < -0.3 is 5.11 Å². The molecule has 0 aromatic heterocycles. The van der Waals surface area contributed by atoms with Gasteiger partial charge in [0.05, 0.1) is 5.60 Å². The van der Waals surface area contributed by atoms with Gasteiger partial charge in [-0.2, -0.15) is 0 Å². The van der Waals surface area contributed by atoms with Crippen molar-refractivity contribution in [3.63, 3.8) is 0 Å². The first-order chi connectivity index (χ1) is 7.26. The lowest BCUT2D eigenvalue weighted by atomic mass is 9.61. The minimum absolute atomic E-state index is 0.376. The van der Waals surface area contributed by atoms with Gasteiger partial charge in [-0.1, -0.05) is 20.8 Å². The Bertz CT molecular complexity index is 315. The Hall–Kier alpha value is -0.0400. The molecule has 0 spiro atoms. The molecule has 0 radical (unpaired) electrons. The van der Waals surface area contributed by atoms with Crippen LogP contribution in [0.4, 0.5) is 0 Å². The Morgan fingerprint density at radius 2 is 1.56 bits per heavy atom. The van der Waals surface area contributed by atoms with Gasteiger partial charge in [0.2, 0.25) is 0 Å². The summed E-state index contributed by atoms with van der Waals surface area (Å²) in [5.74, 6) is 2.24. The maximum absolute atomic E-state index is 10.6. The van der Waals surface area contributed by atoms with E-state index in [1.54, 1.807) is 0 Å². The van der Waals surface area contributed by atoms with Crippen LogP contribution in [0.5, 0.6) is 0 Å². The summed E-state index contributed by atoms with van der Waals surface area (Å²) < 4.78 is 0. The van der Waals surface area contributed by atoms with Crippen LogP contribution >= 0.6 is 0 Å². The topological polar surface area (TPSA) is 20.2 Å². The number of aliphatic hydroxyl groups is 1. The second kappa shape index (κ2) is 2.85. The molecule has 5 unspecified atom stereocenters. The Morgan fingerprint density at radius 1 is 0.938 bits per heavy atom. The second-order valence-corrected chi connectivity index (χ2v) is 7.99. The van der Waals surface area contributed by atoms with Crippen molar-refractivity contribution in [2.24, 2.45) is 28.6 Å². The third kappa shape index (κ3) is 1.21. The molecule has 0 bridgehead atoms. The lowest BCUT2D eigenvalue weighted by Crippen LogP contribution is -2.46. The first-order valence-electron chi connectivity index (χ1n) is 6.99. The first kappa shape index (κ1) is 11.1. The molecule has 3 aliphatic carbocycles. The van der Waals surface area contributed by atoms with E-state index < -0.39 is 0 Å². The summed E-state index contributed by atoms with van der Waals surface area (Å²) >= 11 is 0. The minimum Gasteiger partial charge on any atom is -0.390 e. The van der Waals surface area contributed by atoms with Crippen LogP contribution in [-0.4, -0.2) is 10.7 Å². The molecular weight excluding hydrogens is 196 g/mol. The molecule has 1 heteroatoms. The van der Waals surface area contributed by atoms with E-state index in [-0.39, 0.29) is 5.60 Å². The van der Waals surface area contributed by atoms with E-state index in [2.05, 4.69) is 27.7 Å². The maximum atomic E-state index is 10.6. The van der Waals surface area contributed by atoms with Crippen LogP contribution in [0.2, 0.25) is 0 Å². The lowest BCUT2D eigenvalue weighted by molar-refractivity contribution is -0.0822. The van der Waals surface area contributed by atoms with Crippen LogP contribution in [0, 0.1) is 28.6 Å². The van der Waals surface area contributed by atoms with E-state index >= 15 is 0 Å². The molecule has 5 atom stereocenters. The average molecular weight is 222 g/mol. The van der Waals surface area contributed by atoms with Gasteiger partial charge in [-0.25, -0.2) is 0 Å². The molecule has 0 heterocycles. The molecule has 0 aromatic carbocycles. The highest BCUT2D eigenvalue weighted by atomic mass is 16.3. The molecule has 0 aromatic rings. The van der Waals surface area contributed by atoms with Gasteiger partial charge in [0.1, 0.15) is 0 Å². The normalized spacial score (nSPS) is 58.7. The van der Waals surface area contributed by atoms with Crippen molar-refractivity contribution in [3.05, 3.63) is 0 Å². The highest BCUT2D eigenvalue weighted by Crippen LogP contribution is 2.70. The molecule has 1 N–H and O–H groups in total. The molecule has 16 heavy (non-hydrogen) atoms. The van der Waals surface area contributed by atoms with Gasteiger partial charge in [-0.05, 0) is 67.6 Å².